The maximum atomic E-state index is 11.9. The normalized spacial score (nSPS) is 15.2. The van der Waals surface area contributed by atoms with Gasteiger partial charge >= 0.3 is 0 Å². The van der Waals surface area contributed by atoms with Gasteiger partial charge in [0.05, 0.1) is 12.3 Å². The van der Waals surface area contributed by atoms with Crippen molar-refractivity contribution in [2.24, 2.45) is 0 Å². The van der Waals surface area contributed by atoms with Gasteiger partial charge in [-0.1, -0.05) is 12.1 Å². The summed E-state index contributed by atoms with van der Waals surface area (Å²) in [7, 11) is 0. The van der Waals surface area contributed by atoms with E-state index in [1.807, 2.05) is 18.2 Å². The zero-order chi connectivity index (χ0) is 14.4. The molecule has 1 aromatic rings. The number of hydrogen-bond acceptors (Lipinski definition) is 4. The number of nitrogen functional groups attached to an aromatic ring is 1. The fraction of sp³-hybridized carbons (Fsp3) is 0.467. The van der Waals surface area contributed by atoms with Gasteiger partial charge in [0.15, 0.2) is 0 Å². The lowest BCUT2D eigenvalue weighted by atomic mass is 10.1. The molecule has 1 aliphatic heterocycles. The van der Waals surface area contributed by atoms with Crippen LogP contribution in [0.3, 0.4) is 0 Å². The molecule has 20 heavy (non-hydrogen) atoms. The molecule has 0 aromatic heterocycles. The van der Waals surface area contributed by atoms with Gasteiger partial charge in [-0.05, 0) is 18.6 Å². The number of hydrogen-bond donors (Lipinski definition) is 1. The van der Waals surface area contributed by atoms with E-state index in [-0.39, 0.29) is 11.7 Å². The third kappa shape index (κ3) is 3.98. The zero-order valence-electron chi connectivity index (χ0n) is 11.5. The minimum absolute atomic E-state index is 0.0992. The lowest BCUT2D eigenvalue weighted by molar-refractivity contribution is -0.134. The number of carbonyl (C=O) groups excluding carboxylic acids is 2. The van der Waals surface area contributed by atoms with Crippen molar-refractivity contribution in [1.82, 2.24) is 4.90 Å². The molecule has 0 radical (unpaired) electrons. The Hall–Kier alpha value is -2.04. The van der Waals surface area contributed by atoms with Crippen LogP contribution in [0.2, 0.25) is 0 Å². The molecule has 1 saturated heterocycles. The topological polar surface area (TPSA) is 72.6 Å². The minimum atomic E-state index is 0.0992. The molecule has 2 rings (SSSR count). The lowest BCUT2D eigenvalue weighted by Crippen LogP contribution is -2.38. The van der Waals surface area contributed by atoms with Gasteiger partial charge in [-0.25, -0.2) is 0 Å². The van der Waals surface area contributed by atoms with E-state index in [0.29, 0.717) is 56.8 Å². The van der Waals surface area contributed by atoms with Crippen molar-refractivity contribution in [3.8, 4) is 5.75 Å². The Labute approximate surface area is 118 Å². The second-order valence-corrected chi connectivity index (χ2v) is 4.91. The molecule has 2 N–H and O–H groups in total. The van der Waals surface area contributed by atoms with E-state index in [0.717, 1.165) is 0 Å². The van der Waals surface area contributed by atoms with Crippen LogP contribution in [0.15, 0.2) is 24.3 Å². The number of piperidine rings is 1. The maximum Gasteiger partial charge on any atom is 0.222 e. The largest absolute Gasteiger partial charge is 0.491 e. The summed E-state index contributed by atoms with van der Waals surface area (Å²) in [6, 6.07) is 7.31. The Balaban J connectivity index is 1.67. The maximum absolute atomic E-state index is 11.9. The number of carbonyl (C=O) groups is 2. The van der Waals surface area contributed by atoms with Gasteiger partial charge in [0.2, 0.25) is 5.91 Å². The summed E-state index contributed by atoms with van der Waals surface area (Å²) in [6.45, 7) is 1.58. The van der Waals surface area contributed by atoms with Crippen LogP contribution in [-0.4, -0.2) is 36.3 Å². The first-order chi connectivity index (χ1) is 9.66. The van der Waals surface area contributed by atoms with Crippen LogP contribution < -0.4 is 10.5 Å². The van der Waals surface area contributed by atoms with Gasteiger partial charge in [-0.3, -0.25) is 9.59 Å². The van der Waals surface area contributed by atoms with Gasteiger partial charge in [0, 0.05) is 32.4 Å². The summed E-state index contributed by atoms with van der Waals surface area (Å²) in [5.74, 6) is 1.00. The molecule has 0 saturated carbocycles. The van der Waals surface area contributed by atoms with E-state index in [9.17, 15) is 9.59 Å². The summed E-state index contributed by atoms with van der Waals surface area (Å²) >= 11 is 0. The number of para-hydroxylation sites is 2. The van der Waals surface area contributed by atoms with Crippen LogP contribution in [-0.2, 0) is 9.59 Å². The molecule has 108 valence electrons. The fourth-order valence-corrected chi connectivity index (χ4v) is 2.18. The molecule has 1 aromatic carbocycles. The van der Waals surface area contributed by atoms with Crippen molar-refractivity contribution in [2.45, 2.75) is 25.7 Å². The number of benzene rings is 1. The Morgan fingerprint density at radius 2 is 1.95 bits per heavy atom. The Bertz CT molecular complexity index is 478. The molecule has 0 bridgehead atoms. The average Bonchev–Trinajstić information content (AvgIpc) is 2.46. The van der Waals surface area contributed by atoms with E-state index >= 15 is 0 Å². The smallest absolute Gasteiger partial charge is 0.222 e. The van der Waals surface area contributed by atoms with Gasteiger partial charge in [-0.2, -0.15) is 0 Å². The highest BCUT2D eigenvalue weighted by atomic mass is 16.5. The number of amides is 1. The second kappa shape index (κ2) is 6.93. The quantitative estimate of drug-likeness (QED) is 0.655. The highest BCUT2D eigenvalue weighted by Gasteiger charge is 2.20. The molecule has 0 aliphatic carbocycles. The summed E-state index contributed by atoms with van der Waals surface area (Å²) in [5, 5.41) is 0. The number of ketones is 1. The average molecular weight is 276 g/mol. The van der Waals surface area contributed by atoms with Crippen molar-refractivity contribution < 1.29 is 14.3 Å². The number of rotatable bonds is 5. The summed E-state index contributed by atoms with van der Waals surface area (Å²) in [4.78, 5) is 24.8. The number of nitrogens with zero attached hydrogens (tertiary/aromatic N) is 1. The number of Topliss-reactive ketones (excluding diaryl/α,β-unsaturated/α-hetero) is 1. The van der Waals surface area contributed by atoms with Crippen LogP contribution in [0, 0.1) is 0 Å². The molecule has 1 amide bonds. The first kappa shape index (κ1) is 14.4. The predicted molar refractivity (Wildman–Crippen MR) is 76.4 cm³/mol. The Morgan fingerprint density at radius 1 is 1.25 bits per heavy atom. The Kier molecular flexibility index (Phi) is 4.98. The molecule has 0 unspecified atom stereocenters. The summed E-state index contributed by atoms with van der Waals surface area (Å²) in [6.07, 6.45) is 2.07. The van der Waals surface area contributed by atoms with Crippen molar-refractivity contribution in [1.29, 1.82) is 0 Å². The van der Waals surface area contributed by atoms with Crippen LogP contribution in [0.25, 0.3) is 0 Å². The van der Waals surface area contributed by atoms with Crippen LogP contribution in [0.5, 0.6) is 5.75 Å². The molecular formula is C15H20N2O3. The van der Waals surface area contributed by atoms with Crippen LogP contribution in [0.4, 0.5) is 5.69 Å². The van der Waals surface area contributed by atoms with Crippen molar-refractivity contribution in [3.63, 3.8) is 0 Å². The van der Waals surface area contributed by atoms with E-state index in [4.69, 9.17) is 10.5 Å². The lowest BCUT2D eigenvalue weighted by Gasteiger charge is -2.26. The van der Waals surface area contributed by atoms with E-state index in [2.05, 4.69) is 0 Å². The van der Waals surface area contributed by atoms with Crippen LogP contribution >= 0.6 is 0 Å². The van der Waals surface area contributed by atoms with Crippen molar-refractivity contribution >= 4 is 17.4 Å². The molecule has 1 fully saturated rings. The van der Waals surface area contributed by atoms with Gasteiger partial charge in [-0.15, -0.1) is 0 Å². The van der Waals surface area contributed by atoms with E-state index in [1.165, 1.54) is 0 Å². The first-order valence-electron chi connectivity index (χ1n) is 6.93. The highest BCUT2D eigenvalue weighted by molar-refractivity contribution is 5.83. The molecule has 0 spiro atoms. The molecule has 5 heteroatoms. The minimum Gasteiger partial charge on any atom is -0.491 e. The predicted octanol–water partition coefficient (Wildman–Crippen LogP) is 1.62. The van der Waals surface area contributed by atoms with Crippen molar-refractivity contribution in [3.05, 3.63) is 24.3 Å². The molecule has 5 nitrogen and oxygen atoms in total. The van der Waals surface area contributed by atoms with Gasteiger partial charge in [0.1, 0.15) is 11.5 Å². The molecule has 1 heterocycles. The second-order valence-electron chi connectivity index (χ2n) is 4.91. The number of anilines is 1. The Morgan fingerprint density at radius 3 is 2.65 bits per heavy atom. The molecule has 1 aliphatic rings. The zero-order valence-corrected chi connectivity index (χ0v) is 11.5. The standard InChI is InChI=1S/C15H20N2O3/c16-13-4-1-2-5-14(13)20-11-3-6-15(19)17-9-7-12(18)8-10-17/h1-2,4-5H,3,6-11,16H2. The van der Waals surface area contributed by atoms with Crippen molar-refractivity contribution in [2.75, 3.05) is 25.4 Å². The molecule has 0 atom stereocenters. The number of nitrogens with two attached hydrogens (primary N) is 1. The van der Waals surface area contributed by atoms with Gasteiger partial charge in [0.25, 0.3) is 0 Å². The van der Waals surface area contributed by atoms with E-state index in [1.54, 1.807) is 11.0 Å². The number of likely N-dealkylation sites (tertiary alicyclic amines) is 1. The van der Waals surface area contributed by atoms with Gasteiger partial charge < -0.3 is 15.4 Å². The number of ether oxygens (including phenoxy) is 1. The summed E-state index contributed by atoms with van der Waals surface area (Å²) in [5.41, 5.74) is 6.37. The molecular weight excluding hydrogens is 256 g/mol. The van der Waals surface area contributed by atoms with Crippen LogP contribution in [0.1, 0.15) is 25.7 Å². The summed E-state index contributed by atoms with van der Waals surface area (Å²) < 4.78 is 5.54. The fourth-order valence-electron chi connectivity index (χ4n) is 2.18. The first-order valence-corrected chi connectivity index (χ1v) is 6.93. The SMILES string of the molecule is Nc1ccccc1OCCCC(=O)N1CCC(=O)CC1. The highest BCUT2D eigenvalue weighted by Crippen LogP contribution is 2.20. The third-order valence-corrected chi connectivity index (χ3v) is 3.39. The third-order valence-electron chi connectivity index (χ3n) is 3.39. The monoisotopic (exact) mass is 276 g/mol. The van der Waals surface area contributed by atoms with E-state index < -0.39 is 0 Å².